The Kier molecular flexibility index (Phi) is 3.50. The fourth-order valence-corrected chi connectivity index (χ4v) is 3.96. The van der Waals surface area contributed by atoms with Crippen molar-refractivity contribution in [2.45, 2.75) is 19.3 Å². The Morgan fingerprint density at radius 3 is 2.55 bits per heavy atom. The van der Waals surface area contributed by atoms with Crippen molar-refractivity contribution in [1.82, 2.24) is 9.97 Å². The minimum Gasteiger partial charge on any atom is -0.356 e. The minimum atomic E-state index is -0.212. The minimum absolute atomic E-state index is 0.212. The van der Waals surface area contributed by atoms with E-state index in [-0.39, 0.29) is 5.82 Å². The van der Waals surface area contributed by atoms with E-state index in [1.807, 2.05) is 12.1 Å². The molecule has 1 aliphatic heterocycles. The second kappa shape index (κ2) is 5.65. The fourth-order valence-electron chi connectivity index (χ4n) is 3.05. The molecule has 0 radical (unpaired) electrons. The molecule has 0 saturated carbocycles. The molecule has 4 rings (SSSR count). The van der Waals surface area contributed by atoms with Gasteiger partial charge in [0.05, 0.1) is 5.39 Å². The highest BCUT2D eigenvalue weighted by Gasteiger charge is 2.19. The first-order valence-corrected chi connectivity index (χ1v) is 8.44. The van der Waals surface area contributed by atoms with E-state index < -0.39 is 0 Å². The normalized spacial score (nSPS) is 15.4. The first-order chi connectivity index (χ1) is 10.8. The lowest BCUT2D eigenvalue weighted by molar-refractivity contribution is 0.574. The number of aromatic nitrogens is 2. The molecule has 0 spiro atoms. The van der Waals surface area contributed by atoms with Gasteiger partial charge >= 0.3 is 0 Å². The number of hydrogen-bond acceptors (Lipinski definition) is 4. The molecule has 0 aliphatic carbocycles. The van der Waals surface area contributed by atoms with E-state index in [1.165, 1.54) is 31.4 Å². The second-order valence-electron chi connectivity index (χ2n) is 5.58. The zero-order valence-electron chi connectivity index (χ0n) is 12.1. The van der Waals surface area contributed by atoms with E-state index in [0.717, 1.165) is 40.3 Å². The van der Waals surface area contributed by atoms with Crippen molar-refractivity contribution in [2.24, 2.45) is 0 Å². The number of halogens is 1. The Hall–Kier alpha value is -2.01. The fraction of sp³-hybridized carbons (Fsp3) is 0.294. The van der Waals surface area contributed by atoms with Gasteiger partial charge in [0, 0.05) is 24.0 Å². The van der Waals surface area contributed by atoms with Crippen molar-refractivity contribution >= 4 is 27.4 Å². The number of fused-ring (bicyclic) bond motifs is 1. The van der Waals surface area contributed by atoms with Crippen LogP contribution in [0, 0.1) is 5.82 Å². The van der Waals surface area contributed by atoms with Gasteiger partial charge in [-0.15, -0.1) is 11.3 Å². The maximum atomic E-state index is 13.2. The number of rotatable bonds is 2. The van der Waals surface area contributed by atoms with Crippen molar-refractivity contribution in [3.63, 3.8) is 0 Å². The summed E-state index contributed by atoms with van der Waals surface area (Å²) in [6, 6.07) is 6.65. The molecule has 0 atom stereocenters. The Labute approximate surface area is 132 Å². The molecule has 22 heavy (non-hydrogen) atoms. The third-order valence-corrected chi connectivity index (χ3v) is 5.05. The standard InChI is InChI=1S/C17H16FN3S/c18-13-6-4-12(5-7-13)14-10-22-17-15(14)16(19-11-20-17)21-8-2-1-3-9-21/h4-7,10-11H,1-3,8-9H2. The van der Waals surface area contributed by atoms with Gasteiger partial charge in [0.1, 0.15) is 22.8 Å². The molecule has 1 saturated heterocycles. The summed E-state index contributed by atoms with van der Waals surface area (Å²) in [6.07, 6.45) is 5.36. The van der Waals surface area contributed by atoms with E-state index in [9.17, 15) is 4.39 Å². The third-order valence-electron chi connectivity index (χ3n) is 4.16. The molecule has 0 amide bonds. The lowest BCUT2D eigenvalue weighted by atomic mass is 10.0. The van der Waals surface area contributed by atoms with Gasteiger partial charge in [-0.05, 0) is 37.0 Å². The van der Waals surface area contributed by atoms with Crippen LogP contribution in [0.4, 0.5) is 10.2 Å². The molecular formula is C17H16FN3S. The average molecular weight is 313 g/mol. The molecule has 2 aromatic heterocycles. The van der Waals surface area contributed by atoms with Gasteiger partial charge in [0.25, 0.3) is 0 Å². The molecule has 0 bridgehead atoms. The number of nitrogens with zero attached hydrogens (tertiary/aromatic N) is 3. The SMILES string of the molecule is Fc1ccc(-c2csc3ncnc(N4CCCCC4)c23)cc1. The molecule has 112 valence electrons. The van der Waals surface area contributed by atoms with E-state index in [1.54, 1.807) is 17.7 Å². The Balaban J connectivity index is 1.87. The van der Waals surface area contributed by atoms with Crippen LogP contribution in [0.1, 0.15) is 19.3 Å². The van der Waals surface area contributed by atoms with Gasteiger partial charge in [-0.3, -0.25) is 0 Å². The van der Waals surface area contributed by atoms with Crippen LogP contribution in [-0.2, 0) is 0 Å². The van der Waals surface area contributed by atoms with Crippen molar-refractivity contribution < 1.29 is 4.39 Å². The summed E-state index contributed by atoms with van der Waals surface area (Å²) in [6.45, 7) is 2.09. The topological polar surface area (TPSA) is 29.0 Å². The van der Waals surface area contributed by atoms with Crippen molar-refractivity contribution in [2.75, 3.05) is 18.0 Å². The summed E-state index contributed by atoms with van der Waals surface area (Å²) in [5.74, 6) is 0.807. The van der Waals surface area contributed by atoms with Gasteiger partial charge in [0.2, 0.25) is 0 Å². The summed E-state index contributed by atoms with van der Waals surface area (Å²) >= 11 is 1.62. The smallest absolute Gasteiger partial charge is 0.141 e. The summed E-state index contributed by atoms with van der Waals surface area (Å²) in [5, 5.41) is 3.20. The van der Waals surface area contributed by atoms with E-state index >= 15 is 0 Å². The van der Waals surface area contributed by atoms with Crippen molar-refractivity contribution in [1.29, 1.82) is 0 Å². The van der Waals surface area contributed by atoms with Crippen LogP contribution >= 0.6 is 11.3 Å². The van der Waals surface area contributed by atoms with E-state index in [4.69, 9.17) is 0 Å². The van der Waals surface area contributed by atoms with Gasteiger partial charge < -0.3 is 4.90 Å². The predicted molar refractivity (Wildman–Crippen MR) is 88.9 cm³/mol. The summed E-state index contributed by atoms with van der Waals surface area (Å²) in [5.41, 5.74) is 2.11. The highest BCUT2D eigenvalue weighted by Crippen LogP contribution is 2.38. The van der Waals surface area contributed by atoms with Crippen LogP contribution < -0.4 is 4.90 Å². The summed E-state index contributed by atoms with van der Waals surface area (Å²) < 4.78 is 13.2. The summed E-state index contributed by atoms with van der Waals surface area (Å²) in [7, 11) is 0. The molecule has 0 N–H and O–H groups in total. The van der Waals surface area contributed by atoms with Gasteiger partial charge in [-0.1, -0.05) is 12.1 Å². The van der Waals surface area contributed by atoms with Gasteiger partial charge in [0.15, 0.2) is 0 Å². The lowest BCUT2D eigenvalue weighted by Gasteiger charge is -2.28. The average Bonchev–Trinajstić information content (AvgIpc) is 3.00. The molecule has 1 aromatic carbocycles. The first-order valence-electron chi connectivity index (χ1n) is 7.56. The highest BCUT2D eigenvalue weighted by atomic mass is 32.1. The van der Waals surface area contributed by atoms with Crippen LogP contribution in [0.2, 0.25) is 0 Å². The molecule has 3 heterocycles. The molecule has 3 aromatic rings. The molecule has 3 nitrogen and oxygen atoms in total. The molecular weight excluding hydrogens is 297 g/mol. The van der Waals surface area contributed by atoms with Crippen LogP contribution in [0.15, 0.2) is 36.0 Å². The van der Waals surface area contributed by atoms with Crippen LogP contribution in [0.3, 0.4) is 0 Å². The predicted octanol–water partition coefficient (Wildman–Crippen LogP) is 4.49. The number of piperidine rings is 1. The Bertz CT molecular complexity index is 791. The highest BCUT2D eigenvalue weighted by molar-refractivity contribution is 7.17. The maximum absolute atomic E-state index is 13.2. The molecule has 1 fully saturated rings. The van der Waals surface area contributed by atoms with E-state index in [0.29, 0.717) is 0 Å². The largest absolute Gasteiger partial charge is 0.356 e. The molecule has 0 unspecified atom stereocenters. The third kappa shape index (κ3) is 2.35. The zero-order chi connectivity index (χ0) is 14.9. The summed E-state index contributed by atoms with van der Waals surface area (Å²) in [4.78, 5) is 12.3. The monoisotopic (exact) mass is 313 g/mol. The molecule has 1 aliphatic rings. The Morgan fingerprint density at radius 1 is 1.00 bits per heavy atom. The zero-order valence-corrected chi connectivity index (χ0v) is 12.9. The quantitative estimate of drug-likeness (QED) is 0.698. The van der Waals surface area contributed by atoms with Crippen LogP contribution in [0.25, 0.3) is 21.3 Å². The van der Waals surface area contributed by atoms with Crippen LogP contribution in [0.5, 0.6) is 0 Å². The Morgan fingerprint density at radius 2 is 1.77 bits per heavy atom. The van der Waals surface area contributed by atoms with E-state index in [2.05, 4.69) is 20.2 Å². The van der Waals surface area contributed by atoms with Crippen molar-refractivity contribution in [3.05, 3.63) is 41.8 Å². The number of benzene rings is 1. The number of anilines is 1. The maximum Gasteiger partial charge on any atom is 0.141 e. The number of thiophene rings is 1. The number of hydrogen-bond donors (Lipinski definition) is 0. The molecule has 5 heteroatoms. The van der Waals surface area contributed by atoms with Gasteiger partial charge in [-0.25, -0.2) is 14.4 Å². The van der Waals surface area contributed by atoms with Crippen molar-refractivity contribution in [3.8, 4) is 11.1 Å². The second-order valence-corrected chi connectivity index (χ2v) is 6.44. The van der Waals surface area contributed by atoms with Gasteiger partial charge in [-0.2, -0.15) is 0 Å². The first kappa shape index (κ1) is 13.6. The lowest BCUT2D eigenvalue weighted by Crippen LogP contribution is -2.30. The van der Waals surface area contributed by atoms with Crippen LogP contribution in [-0.4, -0.2) is 23.1 Å².